The van der Waals surface area contributed by atoms with E-state index >= 15 is 0 Å². The first-order chi connectivity index (χ1) is 12.1. The van der Waals surface area contributed by atoms with Crippen LogP contribution in [0.1, 0.15) is 37.0 Å². The zero-order valence-corrected chi connectivity index (χ0v) is 14.8. The van der Waals surface area contributed by atoms with Crippen molar-refractivity contribution >= 4 is 11.7 Å². The molecule has 1 aliphatic carbocycles. The van der Waals surface area contributed by atoms with Gasteiger partial charge in [-0.25, -0.2) is 0 Å². The number of nitrogens with two attached hydrogens (primary N) is 1. The quantitative estimate of drug-likeness (QED) is 0.895. The fourth-order valence-electron chi connectivity index (χ4n) is 4.14. The van der Waals surface area contributed by atoms with E-state index in [1.54, 1.807) is 23.1 Å². The summed E-state index contributed by atoms with van der Waals surface area (Å²) in [5, 5.41) is 0. The molecule has 1 aromatic rings. The van der Waals surface area contributed by atoms with Crippen LogP contribution < -0.4 is 10.5 Å². The normalized spacial score (nSPS) is 24.9. The van der Waals surface area contributed by atoms with Gasteiger partial charge in [0, 0.05) is 23.9 Å². The van der Waals surface area contributed by atoms with E-state index in [0.717, 1.165) is 0 Å². The summed E-state index contributed by atoms with van der Waals surface area (Å²) < 4.78 is 29.7. The summed E-state index contributed by atoms with van der Waals surface area (Å²) in [5.41, 5.74) is 5.31. The van der Waals surface area contributed by atoms with Crippen LogP contribution in [0.4, 0.5) is 8.78 Å². The van der Waals surface area contributed by atoms with Crippen molar-refractivity contribution in [2.45, 2.75) is 33.3 Å². The van der Waals surface area contributed by atoms with E-state index in [2.05, 4.69) is 4.74 Å². The number of ether oxygens (including phenoxy) is 1. The number of amides is 1. The maximum atomic E-state index is 12.9. The van der Waals surface area contributed by atoms with E-state index in [1.807, 2.05) is 13.8 Å². The van der Waals surface area contributed by atoms with E-state index < -0.39 is 12.0 Å². The molecule has 0 bridgehead atoms. The molecule has 0 radical (unpaired) electrons. The van der Waals surface area contributed by atoms with Crippen molar-refractivity contribution < 1.29 is 23.1 Å². The van der Waals surface area contributed by atoms with Gasteiger partial charge < -0.3 is 15.4 Å². The third-order valence-electron chi connectivity index (χ3n) is 5.14. The zero-order chi connectivity index (χ0) is 19.1. The monoisotopic (exact) mass is 364 g/mol. The predicted octanol–water partition coefficient (Wildman–Crippen LogP) is 2.96. The van der Waals surface area contributed by atoms with Crippen molar-refractivity contribution in [3.05, 3.63) is 41.6 Å². The highest BCUT2D eigenvalue weighted by atomic mass is 19.3. The summed E-state index contributed by atoms with van der Waals surface area (Å²) in [5.74, 6) is -0.578. The molecule has 26 heavy (non-hydrogen) atoms. The van der Waals surface area contributed by atoms with Crippen molar-refractivity contribution in [3.63, 3.8) is 0 Å². The van der Waals surface area contributed by atoms with E-state index in [-0.39, 0.29) is 34.1 Å². The lowest BCUT2D eigenvalue weighted by atomic mass is 9.65. The molecule has 1 fully saturated rings. The molecule has 1 heterocycles. The first-order valence-corrected chi connectivity index (χ1v) is 8.50. The molecule has 1 saturated heterocycles. The number of hydrogen-bond acceptors (Lipinski definition) is 4. The van der Waals surface area contributed by atoms with Gasteiger partial charge >= 0.3 is 6.61 Å². The van der Waals surface area contributed by atoms with Gasteiger partial charge in [0.15, 0.2) is 5.78 Å². The van der Waals surface area contributed by atoms with Crippen LogP contribution in [0.2, 0.25) is 0 Å². The number of halogens is 2. The van der Waals surface area contributed by atoms with Crippen LogP contribution in [0.3, 0.4) is 0 Å². The molecule has 140 valence electrons. The molecule has 3 rings (SSSR count). The molecule has 1 spiro atoms. The smallest absolute Gasteiger partial charge is 0.387 e. The third-order valence-corrected chi connectivity index (χ3v) is 5.14. The molecule has 0 saturated carbocycles. The van der Waals surface area contributed by atoms with Gasteiger partial charge in [0.1, 0.15) is 5.75 Å². The van der Waals surface area contributed by atoms with Gasteiger partial charge in [0.05, 0.1) is 11.3 Å². The van der Waals surface area contributed by atoms with Crippen molar-refractivity contribution in [2.75, 3.05) is 13.1 Å². The van der Waals surface area contributed by atoms with Crippen LogP contribution in [0.5, 0.6) is 5.75 Å². The average Bonchev–Trinajstić information content (AvgIpc) is 2.95. The molecule has 1 aromatic carbocycles. The summed E-state index contributed by atoms with van der Waals surface area (Å²) in [4.78, 5) is 26.7. The van der Waals surface area contributed by atoms with Crippen LogP contribution >= 0.6 is 0 Å². The molecular weight excluding hydrogens is 342 g/mol. The number of benzene rings is 1. The lowest BCUT2D eigenvalue weighted by Crippen LogP contribution is -2.42. The Hall–Kier alpha value is -2.44. The molecule has 1 atom stereocenters. The molecular formula is C19H22F2N2O3. The van der Waals surface area contributed by atoms with Crippen molar-refractivity contribution in [3.8, 4) is 5.75 Å². The third kappa shape index (κ3) is 3.30. The highest BCUT2D eigenvalue weighted by Gasteiger charge is 2.48. The lowest BCUT2D eigenvalue weighted by Gasteiger charge is -2.39. The first kappa shape index (κ1) is 18.4. The van der Waals surface area contributed by atoms with Crippen LogP contribution in [-0.4, -0.2) is 36.3 Å². The minimum Gasteiger partial charge on any atom is -0.434 e. The van der Waals surface area contributed by atoms with Gasteiger partial charge in [-0.15, -0.1) is 0 Å². The van der Waals surface area contributed by atoms with Crippen LogP contribution in [0.25, 0.3) is 0 Å². The van der Waals surface area contributed by atoms with Crippen molar-refractivity contribution in [1.29, 1.82) is 0 Å². The predicted molar refractivity (Wildman–Crippen MR) is 91.7 cm³/mol. The molecule has 1 amide bonds. The maximum absolute atomic E-state index is 12.9. The Bertz CT molecular complexity index is 776. The highest BCUT2D eigenvalue weighted by Crippen LogP contribution is 2.47. The first-order valence-electron chi connectivity index (χ1n) is 8.50. The van der Waals surface area contributed by atoms with E-state index in [4.69, 9.17) is 5.73 Å². The molecule has 5 nitrogen and oxygen atoms in total. The number of para-hydroxylation sites is 1. The lowest BCUT2D eigenvalue weighted by molar-refractivity contribution is -0.125. The maximum Gasteiger partial charge on any atom is 0.387 e. The van der Waals surface area contributed by atoms with Gasteiger partial charge in [0.25, 0.3) is 5.91 Å². The van der Waals surface area contributed by atoms with Gasteiger partial charge in [-0.05, 0) is 31.1 Å². The Morgan fingerprint density at radius 1 is 1.31 bits per heavy atom. The number of nitrogens with zero attached hydrogens (tertiary/aromatic N) is 1. The molecule has 2 N–H and O–H groups in total. The molecule has 1 aliphatic heterocycles. The van der Waals surface area contributed by atoms with Gasteiger partial charge in [-0.3, -0.25) is 9.59 Å². The molecule has 0 aromatic heterocycles. The minimum absolute atomic E-state index is 0.0800. The molecule has 7 heteroatoms. The Kier molecular flexibility index (Phi) is 4.50. The zero-order valence-electron chi connectivity index (χ0n) is 14.8. The number of ketones is 1. The number of alkyl halides is 2. The Morgan fingerprint density at radius 2 is 2.00 bits per heavy atom. The standard InChI is InChI=1S/C19H22F2N2O3/c1-18(2)10-19(9-13(22)15(18)24)7-8-23(11-19)16(25)12-5-3-4-6-14(12)26-17(20)21/h3-6,9,17H,7-8,10-11,22H2,1-2H3. The highest BCUT2D eigenvalue weighted by molar-refractivity contribution is 6.00. The van der Waals surface area contributed by atoms with E-state index in [9.17, 15) is 18.4 Å². The van der Waals surface area contributed by atoms with E-state index in [0.29, 0.717) is 25.9 Å². The van der Waals surface area contributed by atoms with Crippen LogP contribution in [0, 0.1) is 10.8 Å². The number of likely N-dealkylation sites (tertiary alicyclic amines) is 1. The Labute approximate surface area is 150 Å². The average molecular weight is 364 g/mol. The summed E-state index contributed by atoms with van der Waals surface area (Å²) in [6.45, 7) is 1.57. The Balaban J connectivity index is 1.84. The van der Waals surface area contributed by atoms with E-state index in [1.165, 1.54) is 12.1 Å². The minimum atomic E-state index is -3.00. The summed E-state index contributed by atoms with van der Waals surface area (Å²) in [6.07, 6.45) is 3.04. The fraction of sp³-hybridized carbons (Fsp3) is 0.474. The summed E-state index contributed by atoms with van der Waals surface area (Å²) >= 11 is 0. The molecule has 2 aliphatic rings. The number of allylic oxidation sites excluding steroid dienone is 1. The van der Waals surface area contributed by atoms with Crippen LogP contribution in [-0.2, 0) is 4.79 Å². The molecule has 1 unspecified atom stereocenters. The summed E-state index contributed by atoms with van der Waals surface area (Å²) in [6, 6.07) is 5.98. The Morgan fingerprint density at radius 3 is 2.65 bits per heavy atom. The van der Waals surface area contributed by atoms with Gasteiger partial charge in [-0.2, -0.15) is 8.78 Å². The SMILES string of the molecule is CC1(C)CC2(C=C(N)C1=O)CCN(C(=O)c1ccccc1OC(F)F)C2. The van der Waals surface area contributed by atoms with Gasteiger partial charge in [-0.1, -0.05) is 26.0 Å². The number of carbonyl (C=O) groups is 2. The van der Waals surface area contributed by atoms with Crippen LogP contribution in [0.15, 0.2) is 36.0 Å². The second-order valence-corrected chi connectivity index (χ2v) is 7.70. The summed E-state index contributed by atoms with van der Waals surface area (Å²) in [7, 11) is 0. The fourth-order valence-corrected chi connectivity index (χ4v) is 4.14. The second-order valence-electron chi connectivity index (χ2n) is 7.70. The van der Waals surface area contributed by atoms with Crippen molar-refractivity contribution in [2.24, 2.45) is 16.6 Å². The topological polar surface area (TPSA) is 72.6 Å². The van der Waals surface area contributed by atoms with Gasteiger partial charge in [0.2, 0.25) is 0 Å². The number of hydrogen-bond donors (Lipinski definition) is 1. The number of rotatable bonds is 3. The van der Waals surface area contributed by atoms with Crippen molar-refractivity contribution in [1.82, 2.24) is 4.90 Å². The second kappa shape index (κ2) is 6.37. The number of Topliss-reactive ketones (excluding diaryl/α,β-unsaturated/α-hetero) is 1. The number of carbonyl (C=O) groups excluding carboxylic acids is 2. The largest absolute Gasteiger partial charge is 0.434 e.